The van der Waals surface area contributed by atoms with Crippen LogP contribution in [0.1, 0.15) is 18.1 Å². The van der Waals surface area contributed by atoms with Crippen molar-refractivity contribution in [3.05, 3.63) is 35.4 Å². The van der Waals surface area contributed by atoms with Crippen molar-refractivity contribution in [3.63, 3.8) is 0 Å². The summed E-state index contributed by atoms with van der Waals surface area (Å²) in [5.41, 5.74) is 2.38. The average Bonchev–Trinajstić information content (AvgIpc) is 2.56. The van der Waals surface area contributed by atoms with Gasteiger partial charge in [-0.15, -0.1) is 24.0 Å². The Morgan fingerprint density at radius 1 is 1.20 bits per heavy atom. The lowest BCUT2D eigenvalue weighted by molar-refractivity contribution is -0.181. The summed E-state index contributed by atoms with van der Waals surface area (Å²) in [7, 11) is 1.70. The predicted octanol–water partition coefficient (Wildman–Crippen LogP) is 3.26. The molecule has 1 aliphatic heterocycles. The molecule has 1 saturated heterocycles. The summed E-state index contributed by atoms with van der Waals surface area (Å²) in [6, 6.07) is 6.69. The number of halogens is 4. The summed E-state index contributed by atoms with van der Waals surface area (Å²) in [4.78, 5) is 7.75. The normalized spacial score (nSPS) is 17.8. The van der Waals surface area contributed by atoms with E-state index in [1.165, 1.54) is 23.0 Å². The van der Waals surface area contributed by atoms with Gasteiger partial charge in [-0.2, -0.15) is 13.2 Å². The van der Waals surface area contributed by atoms with Gasteiger partial charge in [0.25, 0.3) is 0 Å². The van der Waals surface area contributed by atoms with Crippen LogP contribution >= 0.6 is 24.0 Å². The van der Waals surface area contributed by atoms with Gasteiger partial charge in [0.2, 0.25) is 0 Å². The van der Waals surface area contributed by atoms with Gasteiger partial charge in [-0.05, 0) is 25.0 Å². The number of guanidine groups is 1. The lowest BCUT2D eigenvalue weighted by atomic mass is 10.1. The van der Waals surface area contributed by atoms with Crippen LogP contribution in [0, 0.1) is 6.92 Å². The Labute approximate surface area is 164 Å². The Balaban J connectivity index is 0.00000312. The van der Waals surface area contributed by atoms with E-state index in [4.69, 9.17) is 0 Å². The monoisotopic (exact) mass is 470 g/mol. The van der Waals surface area contributed by atoms with E-state index in [1.54, 1.807) is 7.05 Å². The molecule has 0 amide bonds. The third-order valence-electron chi connectivity index (χ3n) is 4.55. The van der Waals surface area contributed by atoms with Gasteiger partial charge in [0.1, 0.15) is 6.04 Å². The van der Waals surface area contributed by atoms with Crippen LogP contribution in [0.5, 0.6) is 0 Å². The van der Waals surface area contributed by atoms with Crippen molar-refractivity contribution in [2.75, 3.05) is 33.2 Å². The van der Waals surface area contributed by atoms with Gasteiger partial charge in [0, 0.05) is 39.8 Å². The molecule has 0 spiro atoms. The molecule has 1 fully saturated rings. The van der Waals surface area contributed by atoms with Gasteiger partial charge in [0.15, 0.2) is 5.96 Å². The van der Waals surface area contributed by atoms with E-state index in [0.717, 1.165) is 5.96 Å². The van der Waals surface area contributed by atoms with Crippen LogP contribution in [0.15, 0.2) is 29.3 Å². The Morgan fingerprint density at radius 2 is 1.80 bits per heavy atom. The van der Waals surface area contributed by atoms with E-state index in [1.807, 2.05) is 17.0 Å². The Morgan fingerprint density at radius 3 is 2.32 bits per heavy atom. The van der Waals surface area contributed by atoms with E-state index >= 15 is 0 Å². The number of nitrogens with one attached hydrogen (secondary N) is 1. The quantitative estimate of drug-likeness (QED) is 0.418. The number of piperazine rings is 1. The average molecular weight is 470 g/mol. The highest BCUT2D eigenvalue weighted by Gasteiger charge is 2.41. The van der Waals surface area contributed by atoms with E-state index in [0.29, 0.717) is 32.7 Å². The molecule has 0 radical (unpaired) electrons. The molecule has 2 rings (SSSR count). The van der Waals surface area contributed by atoms with Crippen LogP contribution in [0.4, 0.5) is 13.2 Å². The topological polar surface area (TPSA) is 30.9 Å². The molecule has 1 atom stereocenters. The fraction of sp³-hybridized carbons (Fsp3) is 0.588. The van der Waals surface area contributed by atoms with Crippen molar-refractivity contribution in [2.45, 2.75) is 32.6 Å². The first-order valence-corrected chi connectivity index (χ1v) is 8.13. The van der Waals surface area contributed by atoms with E-state index in [2.05, 4.69) is 29.4 Å². The number of rotatable bonds is 3. The molecule has 1 aromatic carbocycles. The molecule has 25 heavy (non-hydrogen) atoms. The third kappa shape index (κ3) is 6.02. The van der Waals surface area contributed by atoms with E-state index in [-0.39, 0.29) is 24.0 Å². The maximum absolute atomic E-state index is 12.8. The zero-order valence-corrected chi connectivity index (χ0v) is 17.1. The fourth-order valence-corrected chi connectivity index (χ4v) is 2.84. The number of nitrogens with zero attached hydrogens (tertiary/aromatic N) is 3. The van der Waals surface area contributed by atoms with E-state index in [9.17, 15) is 13.2 Å². The summed E-state index contributed by atoms with van der Waals surface area (Å²) >= 11 is 0. The zero-order valence-electron chi connectivity index (χ0n) is 14.8. The summed E-state index contributed by atoms with van der Waals surface area (Å²) in [5, 5.41) is 3.31. The maximum atomic E-state index is 12.8. The number of alkyl halides is 3. The number of hydrogen-bond acceptors (Lipinski definition) is 2. The highest BCUT2D eigenvalue weighted by Crippen LogP contribution is 2.25. The first-order valence-electron chi connectivity index (χ1n) is 8.13. The smallest absolute Gasteiger partial charge is 0.352 e. The minimum absolute atomic E-state index is 0. The zero-order chi connectivity index (χ0) is 17.7. The molecule has 1 aromatic rings. The second kappa shape index (κ2) is 9.61. The second-order valence-electron chi connectivity index (χ2n) is 6.07. The minimum Gasteiger partial charge on any atom is -0.352 e. The van der Waals surface area contributed by atoms with Gasteiger partial charge in [-0.1, -0.05) is 24.3 Å². The van der Waals surface area contributed by atoms with Gasteiger partial charge in [-0.3, -0.25) is 9.89 Å². The van der Waals surface area contributed by atoms with Crippen LogP contribution in [0.2, 0.25) is 0 Å². The molecule has 1 heterocycles. The van der Waals surface area contributed by atoms with Crippen molar-refractivity contribution in [3.8, 4) is 0 Å². The van der Waals surface area contributed by atoms with Crippen molar-refractivity contribution in [2.24, 2.45) is 4.99 Å². The van der Waals surface area contributed by atoms with Crippen molar-refractivity contribution >= 4 is 29.9 Å². The molecule has 0 bridgehead atoms. The largest absolute Gasteiger partial charge is 0.403 e. The first-order chi connectivity index (χ1) is 11.3. The Hall–Kier alpha value is -1.03. The number of aliphatic imine (C=N–C) groups is 1. The molecular weight excluding hydrogens is 444 g/mol. The van der Waals surface area contributed by atoms with Gasteiger partial charge < -0.3 is 10.2 Å². The molecule has 1 unspecified atom stereocenters. The molecule has 0 saturated carbocycles. The lowest BCUT2D eigenvalue weighted by Gasteiger charge is -2.39. The summed E-state index contributed by atoms with van der Waals surface area (Å²) in [5.74, 6) is 0.734. The minimum atomic E-state index is -4.17. The molecule has 0 aliphatic carbocycles. The number of hydrogen-bond donors (Lipinski definition) is 1. The first kappa shape index (κ1) is 22.0. The fourth-order valence-electron chi connectivity index (χ4n) is 2.84. The standard InChI is InChI=1S/C17H25F3N4.HI/c1-13-6-4-5-7-15(13)12-22-16(21-3)24-10-8-23(9-11-24)14(2)17(18,19)20;/h4-7,14H,8-12H2,1-3H3,(H,21,22);1H. The second-order valence-corrected chi connectivity index (χ2v) is 6.07. The van der Waals surface area contributed by atoms with Crippen molar-refractivity contribution in [1.29, 1.82) is 0 Å². The van der Waals surface area contributed by atoms with Crippen LogP contribution in [0.25, 0.3) is 0 Å². The maximum Gasteiger partial charge on any atom is 0.403 e. The highest BCUT2D eigenvalue weighted by molar-refractivity contribution is 14.0. The highest BCUT2D eigenvalue weighted by atomic mass is 127. The number of benzene rings is 1. The molecule has 0 aromatic heterocycles. The third-order valence-corrected chi connectivity index (χ3v) is 4.55. The molecule has 4 nitrogen and oxygen atoms in total. The van der Waals surface area contributed by atoms with Crippen LogP contribution in [0.3, 0.4) is 0 Å². The summed E-state index contributed by atoms with van der Waals surface area (Å²) in [6.45, 7) is 5.76. The lowest BCUT2D eigenvalue weighted by Crippen LogP contribution is -2.56. The van der Waals surface area contributed by atoms with Gasteiger partial charge >= 0.3 is 6.18 Å². The van der Waals surface area contributed by atoms with Gasteiger partial charge in [-0.25, -0.2) is 0 Å². The molecule has 142 valence electrons. The molecule has 1 aliphatic rings. The SMILES string of the molecule is CN=C(NCc1ccccc1C)N1CCN(C(C)C(F)(F)F)CC1.I. The van der Waals surface area contributed by atoms with Gasteiger partial charge in [0.05, 0.1) is 0 Å². The van der Waals surface area contributed by atoms with Crippen molar-refractivity contribution < 1.29 is 13.2 Å². The summed E-state index contributed by atoms with van der Waals surface area (Å²) in [6.07, 6.45) is -4.17. The molecule has 8 heteroatoms. The molecular formula is C17H26F3IN4. The van der Waals surface area contributed by atoms with Crippen molar-refractivity contribution in [1.82, 2.24) is 15.1 Å². The molecule has 1 N–H and O–H groups in total. The van der Waals surface area contributed by atoms with Crippen LogP contribution in [-0.4, -0.2) is 61.2 Å². The predicted molar refractivity (Wildman–Crippen MR) is 105 cm³/mol. The Kier molecular flexibility index (Phi) is 8.46. The summed E-state index contributed by atoms with van der Waals surface area (Å²) < 4.78 is 38.4. The van der Waals surface area contributed by atoms with Crippen LogP contribution < -0.4 is 5.32 Å². The number of aryl methyl sites for hydroxylation is 1. The van der Waals surface area contributed by atoms with Crippen LogP contribution in [-0.2, 0) is 6.54 Å². The van der Waals surface area contributed by atoms with E-state index < -0.39 is 12.2 Å². The Bertz CT molecular complexity index is 569.